The quantitative estimate of drug-likeness (QED) is 0.704. The van der Waals surface area contributed by atoms with Crippen molar-refractivity contribution in [2.24, 2.45) is 12.0 Å². The fraction of sp³-hybridized carbons (Fsp3) is 0.333. The minimum Gasteiger partial charge on any atom is -0.493 e. The molecular formula is C21H24N4O2. The van der Waals surface area contributed by atoms with E-state index >= 15 is 0 Å². The Labute approximate surface area is 159 Å². The maximum atomic E-state index is 5.53. The summed E-state index contributed by atoms with van der Waals surface area (Å²) in [7, 11) is 5.26. The zero-order chi connectivity index (χ0) is 19.1. The van der Waals surface area contributed by atoms with Crippen molar-refractivity contribution >= 4 is 22.8 Å². The number of fused-ring (bicyclic) bond motifs is 2. The van der Waals surface area contributed by atoms with Crippen LogP contribution >= 0.6 is 0 Å². The lowest BCUT2D eigenvalue weighted by atomic mass is 10.0. The highest BCUT2D eigenvalue weighted by Gasteiger charge is 2.29. The van der Waals surface area contributed by atoms with Gasteiger partial charge < -0.3 is 14.4 Å². The van der Waals surface area contributed by atoms with Gasteiger partial charge >= 0.3 is 0 Å². The maximum Gasteiger partial charge on any atom is 0.162 e. The van der Waals surface area contributed by atoms with Gasteiger partial charge in [-0.05, 0) is 19.9 Å². The van der Waals surface area contributed by atoms with Crippen LogP contribution in [0.2, 0.25) is 0 Å². The lowest BCUT2D eigenvalue weighted by Gasteiger charge is -2.38. The molecule has 2 aromatic carbocycles. The largest absolute Gasteiger partial charge is 0.493 e. The first-order valence-corrected chi connectivity index (χ1v) is 9.03. The van der Waals surface area contributed by atoms with E-state index in [9.17, 15) is 0 Å². The number of aliphatic imine (C=N–C) groups is 1. The standard InChI is InChI=1S/C21H24N4O2/c1-13(17-8-6-7-15-12-24(3)23-21(15)17)25-14(2)22-11-16-9-19(26-4)20(27-5)10-18(16)25/h6-14H,1-5H3. The first kappa shape index (κ1) is 17.4. The molecule has 2 heterocycles. The third-order valence-electron chi connectivity index (χ3n) is 5.19. The van der Waals surface area contributed by atoms with Gasteiger partial charge in [-0.1, -0.05) is 18.2 Å². The summed E-state index contributed by atoms with van der Waals surface area (Å²) in [5.74, 6) is 1.42. The highest BCUT2D eigenvalue weighted by atomic mass is 16.5. The molecule has 0 fully saturated rings. The van der Waals surface area contributed by atoms with Crippen molar-refractivity contribution in [3.63, 3.8) is 0 Å². The Morgan fingerprint density at radius 3 is 2.59 bits per heavy atom. The number of aromatic nitrogens is 2. The van der Waals surface area contributed by atoms with Crippen LogP contribution in [0.15, 0.2) is 41.5 Å². The van der Waals surface area contributed by atoms with Gasteiger partial charge in [0.1, 0.15) is 6.17 Å². The molecule has 0 N–H and O–H groups in total. The predicted octanol–water partition coefficient (Wildman–Crippen LogP) is 3.94. The molecule has 6 nitrogen and oxygen atoms in total. The molecule has 2 unspecified atom stereocenters. The Kier molecular flexibility index (Phi) is 4.26. The minimum atomic E-state index is 0.00423. The van der Waals surface area contributed by atoms with E-state index in [0.717, 1.165) is 22.2 Å². The van der Waals surface area contributed by atoms with Gasteiger partial charge in [0.15, 0.2) is 11.5 Å². The molecule has 0 amide bonds. The molecule has 4 rings (SSSR count). The summed E-state index contributed by atoms with van der Waals surface area (Å²) in [6.45, 7) is 4.30. The second kappa shape index (κ2) is 6.61. The number of methoxy groups -OCH3 is 2. The van der Waals surface area contributed by atoms with E-state index < -0.39 is 0 Å². The lowest BCUT2D eigenvalue weighted by molar-refractivity contribution is 0.354. The molecular weight excluding hydrogens is 340 g/mol. The van der Waals surface area contributed by atoms with E-state index in [2.05, 4.69) is 42.0 Å². The Hall–Kier alpha value is -3.02. The molecule has 0 radical (unpaired) electrons. The van der Waals surface area contributed by atoms with Crippen molar-refractivity contribution in [1.29, 1.82) is 0 Å². The van der Waals surface area contributed by atoms with E-state index in [1.165, 1.54) is 5.56 Å². The van der Waals surface area contributed by atoms with Crippen molar-refractivity contribution in [3.8, 4) is 11.5 Å². The average Bonchev–Trinajstić information content (AvgIpc) is 3.06. The van der Waals surface area contributed by atoms with Crippen molar-refractivity contribution in [2.75, 3.05) is 19.1 Å². The zero-order valence-corrected chi connectivity index (χ0v) is 16.3. The van der Waals surface area contributed by atoms with Crippen LogP contribution in [-0.2, 0) is 7.05 Å². The molecule has 27 heavy (non-hydrogen) atoms. The van der Waals surface area contributed by atoms with Crippen LogP contribution in [0.3, 0.4) is 0 Å². The van der Waals surface area contributed by atoms with Crippen molar-refractivity contribution < 1.29 is 9.47 Å². The van der Waals surface area contributed by atoms with Gasteiger partial charge in [-0.3, -0.25) is 9.67 Å². The normalized spacial score (nSPS) is 17.1. The molecule has 0 bridgehead atoms. The number of ether oxygens (including phenoxy) is 2. The van der Waals surface area contributed by atoms with Crippen molar-refractivity contribution in [2.45, 2.75) is 26.1 Å². The number of nitrogens with zero attached hydrogens (tertiary/aromatic N) is 4. The van der Waals surface area contributed by atoms with E-state index in [0.29, 0.717) is 11.5 Å². The van der Waals surface area contributed by atoms with Gasteiger partial charge in [-0.15, -0.1) is 0 Å². The zero-order valence-electron chi connectivity index (χ0n) is 16.3. The fourth-order valence-corrected chi connectivity index (χ4v) is 3.88. The van der Waals surface area contributed by atoms with E-state index in [1.54, 1.807) is 14.2 Å². The molecule has 1 aliphatic heterocycles. The van der Waals surface area contributed by atoms with Crippen LogP contribution < -0.4 is 14.4 Å². The van der Waals surface area contributed by atoms with Gasteiger partial charge in [0.2, 0.25) is 0 Å². The third-order valence-corrected chi connectivity index (χ3v) is 5.19. The molecule has 0 saturated heterocycles. The monoisotopic (exact) mass is 364 g/mol. The third kappa shape index (κ3) is 2.81. The summed E-state index contributed by atoms with van der Waals surface area (Å²) < 4.78 is 12.8. The van der Waals surface area contributed by atoms with Crippen LogP contribution in [0.1, 0.15) is 31.0 Å². The Morgan fingerprint density at radius 2 is 1.85 bits per heavy atom. The summed E-state index contributed by atoms with van der Waals surface area (Å²) in [5.41, 5.74) is 4.30. The first-order valence-electron chi connectivity index (χ1n) is 9.03. The Bertz CT molecular complexity index is 1020. The summed E-state index contributed by atoms with van der Waals surface area (Å²) >= 11 is 0. The van der Waals surface area contributed by atoms with E-state index in [4.69, 9.17) is 14.5 Å². The molecule has 1 aliphatic rings. The van der Waals surface area contributed by atoms with Gasteiger partial charge in [0, 0.05) is 42.0 Å². The first-order chi connectivity index (χ1) is 13.0. The van der Waals surface area contributed by atoms with Gasteiger partial charge in [0.25, 0.3) is 0 Å². The number of hydrogen-bond donors (Lipinski definition) is 0. The number of anilines is 1. The van der Waals surface area contributed by atoms with Gasteiger partial charge in [-0.25, -0.2) is 0 Å². The maximum absolute atomic E-state index is 5.53. The molecule has 140 valence electrons. The molecule has 0 spiro atoms. The van der Waals surface area contributed by atoms with Crippen LogP contribution in [0.4, 0.5) is 5.69 Å². The summed E-state index contributed by atoms with van der Waals surface area (Å²) in [6.07, 6.45) is 3.96. The molecule has 6 heteroatoms. The smallest absolute Gasteiger partial charge is 0.162 e. The summed E-state index contributed by atoms with van der Waals surface area (Å²) in [6, 6.07) is 10.4. The van der Waals surface area contributed by atoms with Crippen LogP contribution in [-0.4, -0.2) is 36.4 Å². The van der Waals surface area contributed by atoms with Gasteiger partial charge in [-0.2, -0.15) is 5.10 Å². The number of aryl methyl sites for hydroxylation is 1. The van der Waals surface area contributed by atoms with Crippen molar-refractivity contribution in [3.05, 3.63) is 47.7 Å². The number of rotatable bonds is 4. The second-order valence-electron chi connectivity index (χ2n) is 6.85. The Morgan fingerprint density at radius 1 is 1.11 bits per heavy atom. The van der Waals surface area contributed by atoms with Gasteiger partial charge in [0.05, 0.1) is 31.5 Å². The summed E-state index contributed by atoms with van der Waals surface area (Å²) in [4.78, 5) is 7.00. The van der Waals surface area contributed by atoms with Crippen LogP contribution in [0.5, 0.6) is 11.5 Å². The second-order valence-corrected chi connectivity index (χ2v) is 6.85. The average molecular weight is 364 g/mol. The highest BCUT2D eigenvalue weighted by Crippen LogP contribution is 2.41. The molecule has 3 aromatic rings. The van der Waals surface area contributed by atoms with Crippen molar-refractivity contribution in [1.82, 2.24) is 9.78 Å². The molecule has 1 aromatic heterocycles. The molecule has 0 aliphatic carbocycles. The fourth-order valence-electron chi connectivity index (χ4n) is 3.88. The molecule has 0 saturated carbocycles. The van der Waals surface area contributed by atoms with Crippen LogP contribution in [0, 0.1) is 0 Å². The highest BCUT2D eigenvalue weighted by molar-refractivity contribution is 5.92. The predicted molar refractivity (Wildman–Crippen MR) is 108 cm³/mol. The van der Waals surface area contributed by atoms with E-state index in [1.807, 2.05) is 36.3 Å². The number of hydrogen-bond acceptors (Lipinski definition) is 5. The van der Waals surface area contributed by atoms with Crippen LogP contribution in [0.25, 0.3) is 10.9 Å². The topological polar surface area (TPSA) is 51.9 Å². The Balaban J connectivity index is 1.85. The summed E-state index contributed by atoms with van der Waals surface area (Å²) in [5, 5.41) is 5.82. The number of benzene rings is 2. The lowest BCUT2D eigenvalue weighted by Crippen LogP contribution is -2.37. The molecule has 2 atom stereocenters. The SMILES string of the molecule is COc1cc2c(cc1OC)N(C(C)c1cccc3cn(C)nc13)C(C)N=C2. The van der Waals surface area contributed by atoms with E-state index in [-0.39, 0.29) is 12.2 Å². The minimum absolute atomic E-state index is 0.00423.